The van der Waals surface area contributed by atoms with Crippen LogP contribution in [0, 0.1) is 5.41 Å². The molecular weight excluding hydrogens is 252 g/mol. The molecule has 5 nitrogen and oxygen atoms in total. The average Bonchev–Trinajstić information content (AvgIpc) is 2.36. The minimum Gasteiger partial charge on any atom is -0.385 e. The van der Waals surface area contributed by atoms with E-state index in [4.69, 9.17) is 0 Å². The number of rotatable bonds is 7. The molecule has 0 radical (unpaired) electrons. The second-order valence-corrected chi connectivity index (χ2v) is 6.04. The average molecular weight is 278 g/mol. The van der Waals surface area contributed by atoms with Gasteiger partial charge in [0.1, 0.15) is 0 Å². The first-order valence-electron chi connectivity index (χ1n) is 6.96. The highest BCUT2D eigenvalue weighted by Gasteiger charge is 2.21. The molecule has 0 atom stereocenters. The van der Waals surface area contributed by atoms with Crippen LogP contribution >= 0.6 is 0 Å². The lowest BCUT2D eigenvalue weighted by atomic mass is 9.93. The minimum atomic E-state index is -0.0825. The Morgan fingerprint density at radius 3 is 2.70 bits per heavy atom. The molecule has 1 rings (SSSR count). The van der Waals surface area contributed by atoms with E-state index in [1.165, 1.54) is 0 Å². The normalized spacial score (nSPS) is 11.5. The van der Waals surface area contributed by atoms with Gasteiger partial charge in [-0.05, 0) is 32.5 Å². The fourth-order valence-electron chi connectivity index (χ4n) is 2.25. The number of carbonyl (C=O) groups excluding carboxylic acids is 1. The summed E-state index contributed by atoms with van der Waals surface area (Å²) in [7, 11) is 4.07. The highest BCUT2D eigenvalue weighted by atomic mass is 16.1. The van der Waals surface area contributed by atoms with Crippen molar-refractivity contribution in [3.8, 4) is 0 Å². The summed E-state index contributed by atoms with van der Waals surface area (Å²) in [5.74, 6) is -0.0825. The molecule has 0 unspecified atom stereocenters. The van der Waals surface area contributed by atoms with E-state index in [0.717, 1.165) is 18.8 Å². The molecule has 0 saturated heterocycles. The number of hydrogen-bond acceptors (Lipinski definition) is 4. The molecule has 20 heavy (non-hydrogen) atoms. The van der Waals surface area contributed by atoms with Crippen molar-refractivity contribution in [3.63, 3.8) is 0 Å². The molecule has 0 saturated carbocycles. The zero-order valence-corrected chi connectivity index (χ0v) is 13.2. The molecule has 1 heterocycles. The lowest BCUT2D eigenvalue weighted by Crippen LogP contribution is -2.40. The van der Waals surface area contributed by atoms with E-state index in [2.05, 4.69) is 34.4 Å². The van der Waals surface area contributed by atoms with Crippen LogP contribution in [0.4, 0.5) is 5.69 Å². The molecule has 0 bridgehead atoms. The molecule has 112 valence electrons. The molecule has 0 fully saturated rings. The highest BCUT2D eigenvalue weighted by Crippen LogP contribution is 2.16. The van der Waals surface area contributed by atoms with E-state index >= 15 is 0 Å². The Hall–Kier alpha value is -1.62. The van der Waals surface area contributed by atoms with E-state index in [9.17, 15) is 4.79 Å². The SMILES string of the molecule is CCNc1ccncc1C(=O)NCC(C)(C)CN(C)C. The van der Waals surface area contributed by atoms with Crippen molar-refractivity contribution >= 4 is 11.6 Å². The summed E-state index contributed by atoms with van der Waals surface area (Å²) in [6, 6.07) is 1.82. The van der Waals surface area contributed by atoms with E-state index in [1.54, 1.807) is 12.4 Å². The summed E-state index contributed by atoms with van der Waals surface area (Å²) < 4.78 is 0. The standard InChI is InChI=1S/C15H26N4O/c1-6-17-13-7-8-16-9-12(13)14(20)18-10-15(2,3)11-19(4)5/h7-9H,6,10-11H2,1-5H3,(H,16,17)(H,18,20). The van der Waals surface area contributed by atoms with Crippen LogP contribution in [0.25, 0.3) is 0 Å². The van der Waals surface area contributed by atoms with E-state index < -0.39 is 0 Å². The van der Waals surface area contributed by atoms with Gasteiger partial charge in [0, 0.05) is 32.0 Å². The minimum absolute atomic E-state index is 0.0275. The van der Waals surface area contributed by atoms with Crippen LogP contribution in [0.2, 0.25) is 0 Å². The zero-order valence-electron chi connectivity index (χ0n) is 13.2. The smallest absolute Gasteiger partial charge is 0.254 e. The number of nitrogens with zero attached hydrogens (tertiary/aromatic N) is 2. The van der Waals surface area contributed by atoms with Crippen molar-refractivity contribution in [2.45, 2.75) is 20.8 Å². The third-order valence-electron chi connectivity index (χ3n) is 2.90. The molecule has 5 heteroatoms. The second kappa shape index (κ2) is 7.24. The summed E-state index contributed by atoms with van der Waals surface area (Å²) in [6.07, 6.45) is 3.29. The monoisotopic (exact) mass is 278 g/mol. The van der Waals surface area contributed by atoms with Gasteiger partial charge in [-0.25, -0.2) is 0 Å². The van der Waals surface area contributed by atoms with Gasteiger partial charge in [0.15, 0.2) is 0 Å². The number of anilines is 1. The van der Waals surface area contributed by atoms with Crippen molar-refractivity contribution in [1.29, 1.82) is 0 Å². The maximum Gasteiger partial charge on any atom is 0.254 e. The number of nitrogens with one attached hydrogen (secondary N) is 2. The van der Waals surface area contributed by atoms with Crippen molar-refractivity contribution in [2.75, 3.05) is 39.0 Å². The van der Waals surface area contributed by atoms with Gasteiger partial charge >= 0.3 is 0 Å². The first kappa shape index (κ1) is 16.4. The summed E-state index contributed by atoms with van der Waals surface area (Å²) in [4.78, 5) is 18.4. The van der Waals surface area contributed by atoms with Crippen molar-refractivity contribution in [2.24, 2.45) is 5.41 Å². The van der Waals surface area contributed by atoms with Gasteiger partial charge in [0.25, 0.3) is 5.91 Å². The summed E-state index contributed by atoms with van der Waals surface area (Å²) in [6.45, 7) is 8.60. The van der Waals surface area contributed by atoms with Gasteiger partial charge in [-0.15, -0.1) is 0 Å². The van der Waals surface area contributed by atoms with Crippen LogP contribution in [-0.2, 0) is 0 Å². The van der Waals surface area contributed by atoms with Gasteiger partial charge in [-0.2, -0.15) is 0 Å². The number of aromatic nitrogens is 1. The predicted octanol–water partition coefficient (Wildman–Crippen LogP) is 1.83. The Bertz CT molecular complexity index is 443. The van der Waals surface area contributed by atoms with Crippen LogP contribution in [-0.4, -0.2) is 49.5 Å². The number of amides is 1. The van der Waals surface area contributed by atoms with Gasteiger partial charge in [-0.3, -0.25) is 9.78 Å². The van der Waals surface area contributed by atoms with Crippen LogP contribution in [0.15, 0.2) is 18.5 Å². The maximum absolute atomic E-state index is 12.3. The van der Waals surface area contributed by atoms with Gasteiger partial charge in [0.2, 0.25) is 0 Å². The fourth-order valence-corrected chi connectivity index (χ4v) is 2.25. The molecule has 0 aliphatic heterocycles. The molecule has 0 aliphatic rings. The Morgan fingerprint density at radius 1 is 1.40 bits per heavy atom. The lowest BCUT2D eigenvalue weighted by Gasteiger charge is -2.28. The van der Waals surface area contributed by atoms with Gasteiger partial charge < -0.3 is 15.5 Å². The van der Waals surface area contributed by atoms with Crippen LogP contribution < -0.4 is 10.6 Å². The third kappa shape index (κ3) is 5.17. The molecule has 1 amide bonds. The second-order valence-electron chi connectivity index (χ2n) is 6.04. The Balaban J connectivity index is 2.68. The van der Waals surface area contributed by atoms with E-state index in [0.29, 0.717) is 12.1 Å². The number of pyridine rings is 1. The van der Waals surface area contributed by atoms with E-state index in [1.807, 2.05) is 27.1 Å². The molecule has 1 aromatic rings. The van der Waals surface area contributed by atoms with E-state index in [-0.39, 0.29) is 11.3 Å². The maximum atomic E-state index is 12.3. The summed E-state index contributed by atoms with van der Waals surface area (Å²) in [5, 5.41) is 6.18. The molecule has 0 spiro atoms. The topological polar surface area (TPSA) is 57.3 Å². The Labute approximate surface area is 121 Å². The van der Waals surface area contributed by atoms with Crippen LogP contribution in [0.1, 0.15) is 31.1 Å². The first-order valence-corrected chi connectivity index (χ1v) is 6.96. The Kier molecular flexibility index (Phi) is 5.95. The lowest BCUT2D eigenvalue weighted by molar-refractivity contribution is 0.0929. The largest absolute Gasteiger partial charge is 0.385 e. The molecule has 1 aromatic heterocycles. The van der Waals surface area contributed by atoms with Gasteiger partial charge in [0.05, 0.1) is 11.3 Å². The predicted molar refractivity (Wildman–Crippen MR) is 83.1 cm³/mol. The summed E-state index contributed by atoms with van der Waals surface area (Å²) >= 11 is 0. The van der Waals surface area contributed by atoms with Crippen molar-refractivity contribution < 1.29 is 4.79 Å². The highest BCUT2D eigenvalue weighted by molar-refractivity contribution is 5.99. The van der Waals surface area contributed by atoms with Crippen LogP contribution in [0.3, 0.4) is 0 Å². The molecule has 0 aliphatic carbocycles. The number of carbonyl (C=O) groups is 1. The zero-order chi connectivity index (χ0) is 15.2. The summed E-state index contributed by atoms with van der Waals surface area (Å²) in [5.41, 5.74) is 1.44. The van der Waals surface area contributed by atoms with Crippen molar-refractivity contribution in [1.82, 2.24) is 15.2 Å². The van der Waals surface area contributed by atoms with Crippen LogP contribution in [0.5, 0.6) is 0 Å². The molecular formula is C15H26N4O. The third-order valence-corrected chi connectivity index (χ3v) is 2.90. The molecule has 0 aromatic carbocycles. The first-order chi connectivity index (χ1) is 9.35. The van der Waals surface area contributed by atoms with Crippen molar-refractivity contribution in [3.05, 3.63) is 24.0 Å². The quantitative estimate of drug-likeness (QED) is 0.799. The fraction of sp³-hybridized carbons (Fsp3) is 0.600. The van der Waals surface area contributed by atoms with Gasteiger partial charge in [-0.1, -0.05) is 13.8 Å². The molecule has 2 N–H and O–H groups in total. The number of hydrogen-bond donors (Lipinski definition) is 2. The Morgan fingerprint density at radius 2 is 2.10 bits per heavy atom.